The van der Waals surface area contributed by atoms with E-state index in [0.717, 1.165) is 6.42 Å². The maximum atomic E-state index is 11.1. The van der Waals surface area contributed by atoms with Gasteiger partial charge in [0.05, 0.1) is 6.04 Å². The first-order valence-electron chi connectivity index (χ1n) is 4.11. The molecule has 0 bridgehead atoms. The standard InChI is InChI=1S/C9H16N2O/c1-4-6-8(5-2)11-9(12)7(3)10/h1,7-8H,5-6,10H2,2-3H3,(H,11,12)/t7-,8?/m1/s1. The number of nitrogens with two attached hydrogens (primary N) is 1. The van der Waals surface area contributed by atoms with Crippen LogP contribution < -0.4 is 11.1 Å². The van der Waals surface area contributed by atoms with E-state index in [-0.39, 0.29) is 11.9 Å². The summed E-state index contributed by atoms with van der Waals surface area (Å²) >= 11 is 0. The van der Waals surface area contributed by atoms with Crippen molar-refractivity contribution in [2.75, 3.05) is 0 Å². The summed E-state index contributed by atoms with van der Waals surface area (Å²) < 4.78 is 0. The van der Waals surface area contributed by atoms with Crippen molar-refractivity contribution in [3.63, 3.8) is 0 Å². The molecule has 0 aliphatic heterocycles. The Bertz CT molecular complexity index is 181. The molecule has 0 fully saturated rings. The van der Waals surface area contributed by atoms with Gasteiger partial charge in [-0.05, 0) is 13.3 Å². The zero-order chi connectivity index (χ0) is 9.56. The molecule has 3 N–H and O–H groups in total. The van der Waals surface area contributed by atoms with Gasteiger partial charge in [0, 0.05) is 12.5 Å². The lowest BCUT2D eigenvalue weighted by Gasteiger charge is -2.15. The summed E-state index contributed by atoms with van der Waals surface area (Å²) in [4.78, 5) is 11.1. The highest BCUT2D eigenvalue weighted by Crippen LogP contribution is 1.95. The van der Waals surface area contributed by atoms with E-state index in [0.29, 0.717) is 6.42 Å². The van der Waals surface area contributed by atoms with Gasteiger partial charge in [-0.1, -0.05) is 6.92 Å². The Balaban J connectivity index is 3.87. The van der Waals surface area contributed by atoms with Crippen LogP contribution in [-0.4, -0.2) is 18.0 Å². The Labute approximate surface area is 73.7 Å². The van der Waals surface area contributed by atoms with Crippen LogP contribution in [-0.2, 0) is 4.79 Å². The molecule has 0 aliphatic rings. The summed E-state index contributed by atoms with van der Waals surface area (Å²) in [6.07, 6.45) is 6.52. The van der Waals surface area contributed by atoms with Gasteiger partial charge in [0.1, 0.15) is 0 Å². The van der Waals surface area contributed by atoms with Crippen LogP contribution in [0.3, 0.4) is 0 Å². The van der Waals surface area contributed by atoms with E-state index in [9.17, 15) is 4.79 Å². The minimum atomic E-state index is -0.461. The maximum absolute atomic E-state index is 11.1. The molecule has 0 saturated carbocycles. The summed E-state index contributed by atoms with van der Waals surface area (Å²) in [5.41, 5.74) is 5.37. The van der Waals surface area contributed by atoms with Gasteiger partial charge in [-0.2, -0.15) is 0 Å². The first-order valence-corrected chi connectivity index (χ1v) is 4.11. The Morgan fingerprint density at radius 3 is 2.67 bits per heavy atom. The van der Waals surface area contributed by atoms with Crippen LogP contribution in [0.25, 0.3) is 0 Å². The van der Waals surface area contributed by atoms with Crippen LogP contribution in [0.1, 0.15) is 26.7 Å². The maximum Gasteiger partial charge on any atom is 0.236 e. The third kappa shape index (κ3) is 3.99. The lowest BCUT2D eigenvalue weighted by atomic mass is 10.1. The van der Waals surface area contributed by atoms with Crippen molar-refractivity contribution in [1.29, 1.82) is 0 Å². The minimum Gasteiger partial charge on any atom is -0.351 e. The largest absolute Gasteiger partial charge is 0.351 e. The molecule has 0 aromatic carbocycles. The molecule has 3 nitrogen and oxygen atoms in total. The fourth-order valence-corrected chi connectivity index (χ4v) is 0.772. The van der Waals surface area contributed by atoms with E-state index < -0.39 is 6.04 Å². The number of nitrogens with one attached hydrogen (secondary N) is 1. The molecule has 1 unspecified atom stereocenters. The van der Waals surface area contributed by atoms with Crippen LogP contribution >= 0.6 is 0 Å². The van der Waals surface area contributed by atoms with Crippen molar-refractivity contribution in [3.05, 3.63) is 0 Å². The molecule has 0 radical (unpaired) electrons. The summed E-state index contributed by atoms with van der Waals surface area (Å²) in [6, 6.07) is -0.398. The first kappa shape index (κ1) is 11.0. The lowest BCUT2D eigenvalue weighted by Crippen LogP contribution is -2.43. The fourth-order valence-electron chi connectivity index (χ4n) is 0.772. The molecule has 3 heteroatoms. The van der Waals surface area contributed by atoms with Crippen LogP contribution in [0.5, 0.6) is 0 Å². The molecule has 12 heavy (non-hydrogen) atoms. The number of rotatable bonds is 4. The quantitative estimate of drug-likeness (QED) is 0.591. The molecule has 0 aliphatic carbocycles. The normalized spacial score (nSPS) is 14.5. The molecule has 0 heterocycles. The average molecular weight is 168 g/mol. The average Bonchev–Trinajstić information content (AvgIpc) is 2.03. The fraction of sp³-hybridized carbons (Fsp3) is 0.667. The topological polar surface area (TPSA) is 55.1 Å². The Kier molecular flexibility index (Phi) is 5.14. The predicted molar refractivity (Wildman–Crippen MR) is 49.3 cm³/mol. The second-order valence-electron chi connectivity index (χ2n) is 2.81. The second kappa shape index (κ2) is 5.62. The summed E-state index contributed by atoms with van der Waals surface area (Å²) in [5, 5.41) is 2.76. The number of carbonyl (C=O) groups is 1. The van der Waals surface area contributed by atoms with Gasteiger partial charge in [0.15, 0.2) is 0 Å². The first-order chi connectivity index (χ1) is 5.61. The van der Waals surface area contributed by atoms with Gasteiger partial charge >= 0.3 is 0 Å². The van der Waals surface area contributed by atoms with Crippen molar-refractivity contribution in [2.45, 2.75) is 38.8 Å². The summed E-state index contributed by atoms with van der Waals surface area (Å²) in [6.45, 7) is 3.63. The molecule has 68 valence electrons. The number of hydrogen-bond acceptors (Lipinski definition) is 2. The minimum absolute atomic E-state index is 0.0634. The van der Waals surface area contributed by atoms with Crippen LogP contribution in [0, 0.1) is 12.3 Å². The van der Waals surface area contributed by atoms with Gasteiger partial charge in [-0.25, -0.2) is 0 Å². The van der Waals surface area contributed by atoms with Crippen molar-refractivity contribution < 1.29 is 4.79 Å². The van der Waals surface area contributed by atoms with Crippen molar-refractivity contribution in [3.8, 4) is 12.3 Å². The van der Waals surface area contributed by atoms with E-state index in [1.165, 1.54) is 0 Å². The van der Waals surface area contributed by atoms with Crippen molar-refractivity contribution in [2.24, 2.45) is 5.73 Å². The second-order valence-corrected chi connectivity index (χ2v) is 2.81. The van der Waals surface area contributed by atoms with E-state index >= 15 is 0 Å². The third-order valence-corrected chi connectivity index (χ3v) is 1.62. The number of terminal acetylenes is 1. The van der Waals surface area contributed by atoms with Crippen LogP contribution in [0.15, 0.2) is 0 Å². The molecular formula is C9H16N2O. The highest BCUT2D eigenvalue weighted by molar-refractivity contribution is 5.81. The molecular weight excluding hydrogens is 152 g/mol. The molecule has 0 saturated heterocycles. The third-order valence-electron chi connectivity index (χ3n) is 1.62. The molecule has 2 atom stereocenters. The van der Waals surface area contributed by atoms with Crippen LogP contribution in [0.2, 0.25) is 0 Å². The highest BCUT2D eigenvalue weighted by Gasteiger charge is 2.11. The van der Waals surface area contributed by atoms with Crippen molar-refractivity contribution >= 4 is 5.91 Å². The number of carbonyl (C=O) groups excluding carboxylic acids is 1. The Morgan fingerprint density at radius 1 is 1.75 bits per heavy atom. The van der Waals surface area contributed by atoms with Crippen LogP contribution in [0.4, 0.5) is 0 Å². The van der Waals surface area contributed by atoms with Gasteiger partial charge in [-0.3, -0.25) is 4.79 Å². The van der Waals surface area contributed by atoms with E-state index in [2.05, 4.69) is 11.2 Å². The SMILES string of the molecule is C#CCC(CC)NC(=O)[C@@H](C)N. The van der Waals surface area contributed by atoms with Crippen molar-refractivity contribution in [1.82, 2.24) is 5.32 Å². The number of hydrogen-bond donors (Lipinski definition) is 2. The zero-order valence-electron chi connectivity index (χ0n) is 7.63. The molecule has 0 spiro atoms. The van der Waals surface area contributed by atoms with E-state index in [1.807, 2.05) is 6.92 Å². The summed E-state index contributed by atoms with van der Waals surface area (Å²) in [5.74, 6) is 2.37. The van der Waals surface area contributed by atoms with Gasteiger partial charge in [-0.15, -0.1) is 12.3 Å². The molecule has 0 rings (SSSR count). The Hall–Kier alpha value is -1.01. The smallest absolute Gasteiger partial charge is 0.236 e. The van der Waals surface area contributed by atoms with E-state index in [4.69, 9.17) is 12.2 Å². The number of amides is 1. The molecule has 0 aromatic heterocycles. The van der Waals surface area contributed by atoms with E-state index in [1.54, 1.807) is 6.92 Å². The molecule has 0 aromatic rings. The monoisotopic (exact) mass is 168 g/mol. The molecule has 1 amide bonds. The van der Waals surface area contributed by atoms with Gasteiger partial charge in [0.25, 0.3) is 0 Å². The summed E-state index contributed by atoms with van der Waals surface area (Å²) in [7, 11) is 0. The zero-order valence-corrected chi connectivity index (χ0v) is 7.63. The highest BCUT2D eigenvalue weighted by atomic mass is 16.2. The van der Waals surface area contributed by atoms with Gasteiger partial charge in [0.2, 0.25) is 5.91 Å². The lowest BCUT2D eigenvalue weighted by molar-refractivity contribution is -0.122. The predicted octanol–water partition coefficient (Wildman–Crippen LogP) is 0.252. The van der Waals surface area contributed by atoms with Gasteiger partial charge < -0.3 is 11.1 Å². The Morgan fingerprint density at radius 2 is 2.33 bits per heavy atom.